The Morgan fingerprint density at radius 3 is 2.25 bits per heavy atom. The molecule has 0 aliphatic heterocycles. The summed E-state index contributed by atoms with van der Waals surface area (Å²) in [7, 11) is -1.96. The summed E-state index contributed by atoms with van der Waals surface area (Å²) in [5.74, 6) is 0.00272. The molecular formula is C14H19BrFNO2S. The summed E-state index contributed by atoms with van der Waals surface area (Å²) in [6.07, 6.45) is 2.00. The molecule has 1 aromatic carbocycles. The fourth-order valence-electron chi connectivity index (χ4n) is 2.73. The average Bonchev–Trinajstić information content (AvgIpc) is 2.24. The molecule has 0 unspecified atom stereocenters. The fourth-order valence-corrected chi connectivity index (χ4v) is 5.43. The summed E-state index contributed by atoms with van der Waals surface area (Å²) >= 11 is 3.51. The highest BCUT2D eigenvalue weighted by molar-refractivity contribution is 9.09. The van der Waals surface area contributed by atoms with Crippen molar-refractivity contribution in [3.05, 3.63) is 29.1 Å². The summed E-state index contributed by atoms with van der Waals surface area (Å²) < 4.78 is 40.0. The van der Waals surface area contributed by atoms with E-state index in [1.165, 1.54) is 16.4 Å². The molecule has 0 N–H and O–H groups in total. The maximum Gasteiger partial charge on any atom is 0.243 e. The minimum atomic E-state index is -3.55. The monoisotopic (exact) mass is 363 g/mol. The molecule has 1 aliphatic rings. The molecule has 6 heteroatoms. The molecule has 0 radical (unpaired) electrons. The number of alkyl halides is 1. The summed E-state index contributed by atoms with van der Waals surface area (Å²) in [5, 5.41) is 0. The fraction of sp³-hybridized carbons (Fsp3) is 0.571. The van der Waals surface area contributed by atoms with Crippen LogP contribution in [0.3, 0.4) is 0 Å². The number of nitrogens with zero attached hydrogens (tertiary/aromatic N) is 1. The average molecular weight is 364 g/mol. The van der Waals surface area contributed by atoms with Gasteiger partial charge in [-0.1, -0.05) is 15.9 Å². The smallest absolute Gasteiger partial charge is 0.207 e. The maximum absolute atomic E-state index is 13.3. The molecule has 0 heterocycles. The topological polar surface area (TPSA) is 37.4 Å². The van der Waals surface area contributed by atoms with Gasteiger partial charge in [0.2, 0.25) is 10.0 Å². The summed E-state index contributed by atoms with van der Waals surface area (Å²) in [4.78, 5) is 0.744. The van der Waals surface area contributed by atoms with E-state index in [4.69, 9.17) is 0 Å². The summed E-state index contributed by atoms with van der Waals surface area (Å²) in [6, 6.07) is 2.54. The van der Waals surface area contributed by atoms with Crippen LogP contribution in [0.1, 0.15) is 24.0 Å². The third-order valence-electron chi connectivity index (χ3n) is 3.79. The van der Waals surface area contributed by atoms with Crippen LogP contribution in [0.2, 0.25) is 0 Å². The van der Waals surface area contributed by atoms with E-state index < -0.39 is 15.8 Å². The van der Waals surface area contributed by atoms with Crippen molar-refractivity contribution >= 4 is 26.0 Å². The molecule has 1 fully saturated rings. The number of halogens is 2. The minimum Gasteiger partial charge on any atom is -0.207 e. The van der Waals surface area contributed by atoms with Crippen LogP contribution in [-0.4, -0.2) is 31.1 Å². The van der Waals surface area contributed by atoms with Crippen LogP contribution in [-0.2, 0) is 10.0 Å². The Balaban J connectivity index is 2.26. The molecule has 1 aromatic rings. The number of rotatable bonds is 4. The lowest BCUT2D eigenvalue weighted by molar-refractivity contribution is 0.275. The number of hydrogen-bond acceptors (Lipinski definition) is 2. The van der Waals surface area contributed by atoms with Gasteiger partial charge >= 0.3 is 0 Å². The van der Waals surface area contributed by atoms with Crippen LogP contribution in [0.5, 0.6) is 0 Å². The second-order valence-electron chi connectivity index (χ2n) is 5.59. The van der Waals surface area contributed by atoms with Crippen LogP contribution >= 0.6 is 15.9 Å². The van der Waals surface area contributed by atoms with E-state index in [9.17, 15) is 12.8 Å². The molecule has 1 saturated carbocycles. The van der Waals surface area contributed by atoms with Crippen LogP contribution < -0.4 is 0 Å². The summed E-state index contributed by atoms with van der Waals surface area (Å²) in [5.41, 5.74) is 0.919. The molecule has 0 amide bonds. The van der Waals surface area contributed by atoms with E-state index in [1.807, 2.05) is 0 Å². The van der Waals surface area contributed by atoms with Crippen molar-refractivity contribution in [2.75, 3.05) is 13.6 Å². The molecule has 112 valence electrons. The predicted molar refractivity (Wildman–Crippen MR) is 81.1 cm³/mol. The summed E-state index contributed by atoms with van der Waals surface area (Å²) in [6.45, 7) is 3.78. The lowest BCUT2D eigenvalue weighted by Gasteiger charge is -2.34. The van der Waals surface area contributed by atoms with E-state index in [2.05, 4.69) is 15.9 Å². The van der Waals surface area contributed by atoms with Gasteiger partial charge in [-0.3, -0.25) is 0 Å². The Morgan fingerprint density at radius 1 is 1.30 bits per heavy atom. The quantitative estimate of drug-likeness (QED) is 0.770. The second-order valence-corrected chi connectivity index (χ2v) is 8.87. The van der Waals surface area contributed by atoms with Crippen molar-refractivity contribution in [2.24, 2.45) is 5.92 Å². The first-order valence-electron chi connectivity index (χ1n) is 6.59. The third kappa shape index (κ3) is 3.07. The van der Waals surface area contributed by atoms with Crippen LogP contribution in [0.4, 0.5) is 4.39 Å². The Bertz CT molecular complexity index is 589. The van der Waals surface area contributed by atoms with Gasteiger partial charge in [-0.05, 0) is 55.9 Å². The number of benzene rings is 1. The molecular weight excluding hydrogens is 345 g/mol. The maximum atomic E-state index is 13.3. The van der Waals surface area contributed by atoms with Gasteiger partial charge < -0.3 is 0 Å². The van der Waals surface area contributed by atoms with Gasteiger partial charge in [0, 0.05) is 18.4 Å². The molecule has 0 aromatic heterocycles. The molecule has 0 bridgehead atoms. The lowest BCUT2D eigenvalue weighted by atomic mass is 9.85. The zero-order valence-corrected chi connectivity index (χ0v) is 14.3. The first-order chi connectivity index (χ1) is 9.21. The molecule has 3 nitrogen and oxygen atoms in total. The Labute approximate surface area is 128 Å². The van der Waals surface area contributed by atoms with Crippen molar-refractivity contribution in [1.29, 1.82) is 0 Å². The second kappa shape index (κ2) is 5.73. The van der Waals surface area contributed by atoms with Gasteiger partial charge in [0.1, 0.15) is 5.82 Å². The van der Waals surface area contributed by atoms with Crippen molar-refractivity contribution < 1.29 is 12.8 Å². The molecule has 0 saturated heterocycles. The minimum absolute atomic E-state index is 0.233. The van der Waals surface area contributed by atoms with Gasteiger partial charge in [-0.15, -0.1) is 0 Å². The van der Waals surface area contributed by atoms with Crippen molar-refractivity contribution in [3.8, 4) is 0 Å². The van der Waals surface area contributed by atoms with Crippen molar-refractivity contribution in [2.45, 2.75) is 36.4 Å². The first kappa shape index (κ1) is 15.9. The van der Waals surface area contributed by atoms with Gasteiger partial charge in [-0.25, -0.2) is 17.1 Å². The van der Waals surface area contributed by atoms with Gasteiger partial charge in [-0.2, -0.15) is 0 Å². The molecule has 0 atom stereocenters. The van der Waals surface area contributed by atoms with Crippen LogP contribution in [0, 0.1) is 25.6 Å². The normalized spacial score (nSPS) is 22.9. The standard InChI is InChI=1S/C14H19BrFNO2S/c1-9-4-13(16)5-10(2)14(9)20(18,19)17(3)8-11-6-12(15)7-11/h4-5,11-12H,6-8H2,1-3H3. The van der Waals surface area contributed by atoms with Crippen molar-refractivity contribution in [3.63, 3.8) is 0 Å². The highest BCUT2D eigenvalue weighted by Crippen LogP contribution is 2.35. The Kier molecular flexibility index (Phi) is 4.56. The zero-order chi connectivity index (χ0) is 15.1. The molecule has 0 spiro atoms. The van der Waals surface area contributed by atoms with Gasteiger partial charge in [0.25, 0.3) is 0 Å². The molecule has 20 heavy (non-hydrogen) atoms. The van der Waals surface area contributed by atoms with Crippen LogP contribution in [0.25, 0.3) is 0 Å². The molecule has 2 rings (SSSR count). The predicted octanol–water partition coefficient (Wildman–Crippen LogP) is 3.24. The zero-order valence-electron chi connectivity index (χ0n) is 11.9. The SMILES string of the molecule is Cc1cc(F)cc(C)c1S(=O)(=O)N(C)CC1CC(Br)C1. The van der Waals surface area contributed by atoms with E-state index in [1.54, 1.807) is 20.9 Å². The van der Waals surface area contributed by atoms with Gasteiger partial charge in [0.05, 0.1) is 4.90 Å². The molecule has 1 aliphatic carbocycles. The number of hydrogen-bond donors (Lipinski definition) is 0. The van der Waals surface area contributed by atoms with E-state index in [0.717, 1.165) is 12.8 Å². The Hall–Kier alpha value is -0.460. The van der Waals surface area contributed by atoms with E-state index >= 15 is 0 Å². The van der Waals surface area contributed by atoms with Gasteiger partial charge in [0.15, 0.2) is 0 Å². The third-order valence-corrected chi connectivity index (χ3v) is 6.66. The lowest BCUT2D eigenvalue weighted by Crippen LogP contribution is -2.38. The van der Waals surface area contributed by atoms with E-state index in [0.29, 0.717) is 28.4 Å². The van der Waals surface area contributed by atoms with Crippen LogP contribution in [0.15, 0.2) is 17.0 Å². The first-order valence-corrected chi connectivity index (χ1v) is 8.94. The van der Waals surface area contributed by atoms with Crippen molar-refractivity contribution in [1.82, 2.24) is 4.31 Å². The highest BCUT2D eigenvalue weighted by Gasteiger charge is 2.32. The Morgan fingerprint density at radius 2 is 1.80 bits per heavy atom. The number of sulfonamides is 1. The number of aryl methyl sites for hydroxylation is 2. The largest absolute Gasteiger partial charge is 0.243 e. The van der Waals surface area contributed by atoms with E-state index in [-0.39, 0.29) is 4.90 Å². The highest BCUT2D eigenvalue weighted by atomic mass is 79.9.